The minimum absolute atomic E-state index is 0.0964. The quantitative estimate of drug-likeness (QED) is 0.771. The fourth-order valence-corrected chi connectivity index (χ4v) is 2.04. The molecule has 6 heteroatoms. The highest BCUT2D eigenvalue weighted by molar-refractivity contribution is 5.67. The van der Waals surface area contributed by atoms with Gasteiger partial charge in [0, 0.05) is 6.20 Å². The second kappa shape index (κ2) is 5.24. The summed E-state index contributed by atoms with van der Waals surface area (Å²) in [5.74, 6) is 1.68. The van der Waals surface area contributed by atoms with Crippen LogP contribution in [0.1, 0.15) is 5.56 Å². The van der Waals surface area contributed by atoms with Gasteiger partial charge in [0.15, 0.2) is 11.6 Å². The molecule has 0 aliphatic carbocycles. The molecule has 2 aromatic heterocycles. The minimum atomic E-state index is 0.0964. The van der Waals surface area contributed by atoms with Crippen molar-refractivity contribution in [1.29, 1.82) is 0 Å². The van der Waals surface area contributed by atoms with Gasteiger partial charge in [0.05, 0.1) is 12.7 Å². The number of benzene rings is 1. The van der Waals surface area contributed by atoms with E-state index < -0.39 is 0 Å². The number of pyridine rings is 1. The first-order valence-electron chi connectivity index (χ1n) is 6.41. The number of aryl methyl sites for hydroxylation is 1. The maximum atomic E-state index is 9.95. The van der Waals surface area contributed by atoms with Crippen molar-refractivity contribution in [2.75, 3.05) is 7.11 Å². The Bertz CT molecular complexity index is 783. The number of aromatic amines is 1. The molecule has 0 aliphatic rings. The lowest BCUT2D eigenvalue weighted by Crippen LogP contribution is -1.89. The number of nitrogens with zero attached hydrogens (tertiary/aromatic N) is 3. The molecule has 3 aromatic rings. The van der Waals surface area contributed by atoms with Crippen molar-refractivity contribution in [1.82, 2.24) is 20.2 Å². The van der Waals surface area contributed by atoms with E-state index in [2.05, 4.69) is 20.2 Å². The number of hydrogen-bond acceptors (Lipinski definition) is 5. The Hall–Kier alpha value is -2.89. The third kappa shape index (κ3) is 2.43. The number of hydrogen-bond donors (Lipinski definition) is 2. The second-order valence-corrected chi connectivity index (χ2v) is 4.56. The van der Waals surface area contributed by atoms with Crippen LogP contribution in [-0.2, 0) is 0 Å². The molecule has 106 valence electrons. The summed E-state index contributed by atoms with van der Waals surface area (Å²) in [7, 11) is 1.57. The van der Waals surface area contributed by atoms with Gasteiger partial charge in [-0.15, -0.1) is 0 Å². The van der Waals surface area contributed by atoms with Crippen molar-refractivity contribution in [2.24, 2.45) is 0 Å². The molecule has 0 atom stereocenters. The standard InChI is InChI=1S/C15H14N4O2/c1-9-4-3-7-16-13(9)15-17-14(18-19-15)11-8-10(21-2)5-6-12(11)20/h3-8,20H,1-2H3,(H,17,18,19). The topological polar surface area (TPSA) is 83.9 Å². The molecule has 0 radical (unpaired) electrons. The SMILES string of the molecule is COc1ccc(O)c(-c2n[nH]c(-c3ncccc3C)n2)c1. The fraction of sp³-hybridized carbons (Fsp3) is 0.133. The van der Waals surface area contributed by atoms with Crippen LogP contribution in [0.4, 0.5) is 0 Å². The number of ether oxygens (including phenoxy) is 1. The van der Waals surface area contributed by atoms with Crippen molar-refractivity contribution < 1.29 is 9.84 Å². The summed E-state index contributed by atoms with van der Waals surface area (Å²) in [6, 6.07) is 8.73. The number of aromatic hydroxyl groups is 1. The highest BCUT2D eigenvalue weighted by atomic mass is 16.5. The van der Waals surface area contributed by atoms with Gasteiger partial charge in [-0.25, -0.2) is 4.98 Å². The Labute approximate surface area is 121 Å². The summed E-state index contributed by atoms with van der Waals surface area (Å²) in [4.78, 5) is 8.69. The summed E-state index contributed by atoms with van der Waals surface area (Å²) in [5, 5.41) is 17.0. The maximum Gasteiger partial charge on any atom is 0.185 e. The van der Waals surface area contributed by atoms with E-state index in [0.29, 0.717) is 23.0 Å². The number of methoxy groups -OCH3 is 1. The average Bonchev–Trinajstić information content (AvgIpc) is 2.97. The second-order valence-electron chi connectivity index (χ2n) is 4.56. The van der Waals surface area contributed by atoms with Crippen LogP contribution >= 0.6 is 0 Å². The van der Waals surface area contributed by atoms with Crippen LogP contribution in [0.5, 0.6) is 11.5 Å². The van der Waals surface area contributed by atoms with Gasteiger partial charge in [0.25, 0.3) is 0 Å². The number of rotatable bonds is 3. The Kier molecular flexibility index (Phi) is 3.27. The summed E-state index contributed by atoms with van der Waals surface area (Å²) in [6.45, 7) is 1.95. The summed E-state index contributed by atoms with van der Waals surface area (Å²) < 4.78 is 5.15. The van der Waals surface area contributed by atoms with Crippen molar-refractivity contribution in [2.45, 2.75) is 6.92 Å². The highest BCUT2D eigenvalue weighted by Crippen LogP contribution is 2.31. The lowest BCUT2D eigenvalue weighted by atomic mass is 10.2. The lowest BCUT2D eigenvalue weighted by Gasteiger charge is -2.03. The molecular weight excluding hydrogens is 268 g/mol. The number of phenols is 1. The molecular formula is C15H14N4O2. The van der Waals surface area contributed by atoms with Crippen molar-refractivity contribution in [3.63, 3.8) is 0 Å². The van der Waals surface area contributed by atoms with E-state index in [9.17, 15) is 5.11 Å². The number of aromatic nitrogens is 4. The highest BCUT2D eigenvalue weighted by Gasteiger charge is 2.14. The van der Waals surface area contributed by atoms with Gasteiger partial charge in [0.2, 0.25) is 0 Å². The average molecular weight is 282 g/mol. The van der Waals surface area contributed by atoms with Crippen LogP contribution in [0, 0.1) is 6.92 Å². The predicted octanol–water partition coefficient (Wildman–Crippen LogP) is 2.56. The van der Waals surface area contributed by atoms with Gasteiger partial charge in [-0.2, -0.15) is 5.10 Å². The molecule has 2 heterocycles. The van der Waals surface area contributed by atoms with Gasteiger partial charge in [-0.1, -0.05) is 6.07 Å². The molecule has 0 aliphatic heterocycles. The molecule has 0 saturated carbocycles. The Morgan fingerprint density at radius 3 is 2.86 bits per heavy atom. The molecule has 6 nitrogen and oxygen atoms in total. The van der Waals surface area contributed by atoms with Gasteiger partial charge in [-0.3, -0.25) is 10.1 Å². The Balaban J connectivity index is 2.05. The molecule has 21 heavy (non-hydrogen) atoms. The molecule has 0 spiro atoms. The zero-order valence-corrected chi connectivity index (χ0v) is 11.7. The zero-order valence-electron chi connectivity index (χ0n) is 11.7. The largest absolute Gasteiger partial charge is 0.507 e. The summed E-state index contributed by atoms with van der Waals surface area (Å²) >= 11 is 0. The van der Waals surface area contributed by atoms with Crippen LogP contribution in [-0.4, -0.2) is 32.4 Å². The molecule has 0 saturated heterocycles. The van der Waals surface area contributed by atoms with Gasteiger partial charge in [0.1, 0.15) is 17.2 Å². The minimum Gasteiger partial charge on any atom is -0.507 e. The van der Waals surface area contributed by atoms with E-state index in [0.717, 1.165) is 11.3 Å². The third-order valence-corrected chi connectivity index (χ3v) is 3.16. The van der Waals surface area contributed by atoms with Crippen LogP contribution in [0.3, 0.4) is 0 Å². The molecule has 0 bridgehead atoms. The summed E-state index contributed by atoms with van der Waals surface area (Å²) in [5.41, 5.74) is 2.24. The molecule has 2 N–H and O–H groups in total. The first kappa shape index (κ1) is 13.1. The Morgan fingerprint density at radius 1 is 1.24 bits per heavy atom. The van der Waals surface area contributed by atoms with E-state index in [4.69, 9.17) is 4.74 Å². The molecule has 3 rings (SSSR count). The molecule has 0 unspecified atom stereocenters. The third-order valence-electron chi connectivity index (χ3n) is 3.16. The van der Waals surface area contributed by atoms with E-state index in [1.807, 2.05) is 19.1 Å². The van der Waals surface area contributed by atoms with Crippen LogP contribution in [0.25, 0.3) is 22.9 Å². The van der Waals surface area contributed by atoms with E-state index in [-0.39, 0.29) is 5.75 Å². The van der Waals surface area contributed by atoms with Crippen molar-refractivity contribution in [3.05, 3.63) is 42.1 Å². The number of phenolic OH excluding ortho intramolecular Hbond substituents is 1. The lowest BCUT2D eigenvalue weighted by molar-refractivity contribution is 0.412. The normalized spacial score (nSPS) is 10.6. The van der Waals surface area contributed by atoms with E-state index >= 15 is 0 Å². The van der Waals surface area contributed by atoms with E-state index in [1.54, 1.807) is 31.5 Å². The first-order valence-corrected chi connectivity index (χ1v) is 6.41. The first-order chi connectivity index (χ1) is 10.2. The van der Waals surface area contributed by atoms with Crippen LogP contribution < -0.4 is 4.74 Å². The smallest absolute Gasteiger partial charge is 0.185 e. The molecule has 0 amide bonds. The van der Waals surface area contributed by atoms with Crippen LogP contribution in [0.2, 0.25) is 0 Å². The number of H-pyrrole nitrogens is 1. The monoisotopic (exact) mass is 282 g/mol. The van der Waals surface area contributed by atoms with Crippen LogP contribution in [0.15, 0.2) is 36.5 Å². The fourth-order valence-electron chi connectivity index (χ4n) is 2.04. The molecule has 1 aromatic carbocycles. The zero-order chi connectivity index (χ0) is 14.8. The summed E-state index contributed by atoms with van der Waals surface area (Å²) in [6.07, 6.45) is 1.70. The van der Waals surface area contributed by atoms with Gasteiger partial charge in [-0.05, 0) is 36.8 Å². The van der Waals surface area contributed by atoms with Crippen molar-refractivity contribution >= 4 is 0 Å². The van der Waals surface area contributed by atoms with Gasteiger partial charge >= 0.3 is 0 Å². The maximum absolute atomic E-state index is 9.95. The Morgan fingerprint density at radius 2 is 2.10 bits per heavy atom. The molecule has 0 fully saturated rings. The van der Waals surface area contributed by atoms with Crippen molar-refractivity contribution in [3.8, 4) is 34.4 Å². The van der Waals surface area contributed by atoms with E-state index in [1.165, 1.54) is 0 Å². The predicted molar refractivity (Wildman–Crippen MR) is 78.0 cm³/mol. The van der Waals surface area contributed by atoms with Gasteiger partial charge < -0.3 is 9.84 Å². The number of nitrogens with one attached hydrogen (secondary N) is 1.